The van der Waals surface area contributed by atoms with Crippen LogP contribution < -0.4 is 0 Å². The zero-order valence-electron chi connectivity index (χ0n) is 22.2. The molecule has 1 N–H and O–H groups in total. The second-order valence-corrected chi connectivity index (χ2v) is 9.57. The third-order valence-corrected chi connectivity index (χ3v) is 6.57. The standard InChI is InChI=1S/C32H36O7/c1-3-19-32(34)29(36-21-26-15-9-5-10-16-26)28(23-35-20-25-13-7-4-8-14-25)39-31(30(32)38-24(2)33)37-22-27-17-11-6-12-18-27/h3-18,28-31,34H,1,19-23H2,2H3/t28-,29-,30+,31-,32+/m1/s1. The van der Waals surface area contributed by atoms with Gasteiger partial charge in [-0.3, -0.25) is 4.79 Å². The van der Waals surface area contributed by atoms with E-state index >= 15 is 0 Å². The topological polar surface area (TPSA) is 83.5 Å². The van der Waals surface area contributed by atoms with Crippen LogP contribution in [0.4, 0.5) is 0 Å². The van der Waals surface area contributed by atoms with Crippen LogP contribution in [0.15, 0.2) is 104 Å². The second-order valence-electron chi connectivity index (χ2n) is 9.57. The minimum Gasteiger partial charge on any atom is -0.454 e. The van der Waals surface area contributed by atoms with Crippen molar-refractivity contribution in [2.24, 2.45) is 0 Å². The van der Waals surface area contributed by atoms with Crippen LogP contribution in [0.25, 0.3) is 0 Å². The molecule has 0 bridgehead atoms. The molecule has 1 fully saturated rings. The van der Waals surface area contributed by atoms with E-state index in [1.54, 1.807) is 6.08 Å². The minimum absolute atomic E-state index is 0.0775. The predicted octanol–water partition coefficient (Wildman–Crippen LogP) is 4.97. The smallest absolute Gasteiger partial charge is 0.303 e. The highest BCUT2D eigenvalue weighted by Gasteiger charge is 2.58. The van der Waals surface area contributed by atoms with Crippen LogP contribution in [0, 0.1) is 0 Å². The molecule has 206 valence electrons. The first-order chi connectivity index (χ1) is 19.0. The number of ether oxygens (including phenoxy) is 5. The summed E-state index contributed by atoms with van der Waals surface area (Å²) in [7, 11) is 0. The van der Waals surface area contributed by atoms with Crippen LogP contribution >= 0.6 is 0 Å². The summed E-state index contributed by atoms with van der Waals surface area (Å²) in [5, 5.41) is 12.2. The van der Waals surface area contributed by atoms with Gasteiger partial charge in [0.25, 0.3) is 0 Å². The fourth-order valence-corrected chi connectivity index (χ4v) is 4.72. The maximum atomic E-state index is 12.2. The SMILES string of the molecule is C=CC[C@]1(O)[C@H](OCc2ccccc2)[C@@H](COCc2ccccc2)O[C@@H](OCc2ccccc2)[C@@H]1OC(C)=O. The van der Waals surface area contributed by atoms with Crippen LogP contribution in [-0.2, 0) is 48.3 Å². The Morgan fingerprint density at radius 3 is 1.87 bits per heavy atom. The van der Waals surface area contributed by atoms with Gasteiger partial charge in [0.1, 0.15) is 17.8 Å². The predicted molar refractivity (Wildman–Crippen MR) is 146 cm³/mol. The molecular formula is C32H36O7. The average Bonchev–Trinajstić information content (AvgIpc) is 2.95. The molecule has 4 rings (SSSR count). The van der Waals surface area contributed by atoms with E-state index in [2.05, 4.69) is 6.58 Å². The summed E-state index contributed by atoms with van der Waals surface area (Å²) in [4.78, 5) is 12.2. The minimum atomic E-state index is -1.69. The highest BCUT2D eigenvalue weighted by atomic mass is 16.7. The number of esters is 1. The summed E-state index contributed by atoms with van der Waals surface area (Å²) in [6, 6.07) is 29.0. The number of aliphatic hydroxyl groups is 1. The number of carbonyl (C=O) groups excluding carboxylic acids is 1. The van der Waals surface area contributed by atoms with E-state index in [1.807, 2.05) is 91.0 Å². The van der Waals surface area contributed by atoms with Gasteiger partial charge < -0.3 is 28.8 Å². The molecule has 1 heterocycles. The first kappa shape index (κ1) is 28.7. The lowest BCUT2D eigenvalue weighted by atomic mass is 9.81. The Labute approximate surface area is 229 Å². The van der Waals surface area contributed by atoms with Gasteiger partial charge in [0.15, 0.2) is 12.4 Å². The van der Waals surface area contributed by atoms with Gasteiger partial charge in [0.2, 0.25) is 0 Å². The highest BCUT2D eigenvalue weighted by molar-refractivity contribution is 5.66. The van der Waals surface area contributed by atoms with E-state index < -0.39 is 36.2 Å². The number of hydrogen-bond donors (Lipinski definition) is 1. The maximum Gasteiger partial charge on any atom is 0.303 e. The van der Waals surface area contributed by atoms with E-state index in [4.69, 9.17) is 23.7 Å². The summed E-state index contributed by atoms with van der Waals surface area (Å²) in [5.41, 5.74) is 1.15. The molecule has 7 heteroatoms. The molecule has 0 spiro atoms. The lowest BCUT2D eigenvalue weighted by molar-refractivity contribution is -0.345. The van der Waals surface area contributed by atoms with Crippen molar-refractivity contribution < 1.29 is 33.6 Å². The molecule has 1 saturated heterocycles. The van der Waals surface area contributed by atoms with Crippen molar-refractivity contribution >= 4 is 5.97 Å². The first-order valence-electron chi connectivity index (χ1n) is 13.1. The van der Waals surface area contributed by atoms with E-state index in [-0.39, 0.29) is 26.2 Å². The average molecular weight is 533 g/mol. The van der Waals surface area contributed by atoms with E-state index in [0.29, 0.717) is 6.61 Å². The molecule has 0 amide bonds. The Bertz CT molecular complexity index is 1150. The second kappa shape index (κ2) is 14.2. The molecular weight excluding hydrogens is 496 g/mol. The normalized spacial score (nSPS) is 24.7. The van der Waals surface area contributed by atoms with Gasteiger partial charge in [-0.05, 0) is 16.7 Å². The van der Waals surface area contributed by atoms with Gasteiger partial charge in [-0.1, -0.05) is 97.1 Å². The number of hydrogen-bond acceptors (Lipinski definition) is 7. The molecule has 0 aromatic heterocycles. The Balaban J connectivity index is 1.61. The van der Waals surface area contributed by atoms with Crippen molar-refractivity contribution in [3.05, 3.63) is 120 Å². The highest BCUT2D eigenvalue weighted by Crippen LogP contribution is 2.38. The molecule has 1 aliphatic heterocycles. The number of carbonyl (C=O) groups is 1. The van der Waals surface area contributed by atoms with Gasteiger partial charge in [-0.15, -0.1) is 6.58 Å². The van der Waals surface area contributed by atoms with Crippen molar-refractivity contribution in [3.8, 4) is 0 Å². The van der Waals surface area contributed by atoms with Crippen LogP contribution in [0.5, 0.6) is 0 Å². The van der Waals surface area contributed by atoms with E-state index in [0.717, 1.165) is 16.7 Å². The molecule has 0 aliphatic carbocycles. The molecule has 0 saturated carbocycles. The van der Waals surface area contributed by atoms with Crippen LogP contribution in [0.3, 0.4) is 0 Å². The summed E-state index contributed by atoms with van der Waals surface area (Å²) in [5.74, 6) is -0.569. The summed E-state index contributed by atoms with van der Waals surface area (Å²) >= 11 is 0. The van der Waals surface area contributed by atoms with Crippen LogP contribution in [-0.4, -0.2) is 47.9 Å². The van der Waals surface area contributed by atoms with E-state index in [1.165, 1.54) is 6.92 Å². The maximum absolute atomic E-state index is 12.2. The van der Waals surface area contributed by atoms with Crippen LogP contribution in [0.2, 0.25) is 0 Å². The van der Waals surface area contributed by atoms with Crippen LogP contribution in [0.1, 0.15) is 30.0 Å². The fraction of sp³-hybridized carbons (Fsp3) is 0.344. The molecule has 3 aromatic rings. The third-order valence-electron chi connectivity index (χ3n) is 6.57. The van der Waals surface area contributed by atoms with Gasteiger partial charge in [-0.25, -0.2) is 0 Å². The number of benzene rings is 3. The largest absolute Gasteiger partial charge is 0.454 e. The lowest BCUT2D eigenvalue weighted by Crippen LogP contribution is -2.69. The summed E-state index contributed by atoms with van der Waals surface area (Å²) in [6.07, 6.45) is -2.21. The molecule has 3 aromatic carbocycles. The fourth-order valence-electron chi connectivity index (χ4n) is 4.72. The third kappa shape index (κ3) is 7.85. The lowest BCUT2D eigenvalue weighted by Gasteiger charge is -2.50. The van der Waals surface area contributed by atoms with Crippen molar-refractivity contribution in [2.75, 3.05) is 6.61 Å². The van der Waals surface area contributed by atoms with Crippen molar-refractivity contribution in [2.45, 2.75) is 63.4 Å². The summed E-state index contributed by atoms with van der Waals surface area (Å²) < 4.78 is 30.5. The van der Waals surface area contributed by atoms with Crippen molar-refractivity contribution in [3.63, 3.8) is 0 Å². The Morgan fingerprint density at radius 1 is 0.846 bits per heavy atom. The molecule has 5 atom stereocenters. The van der Waals surface area contributed by atoms with Gasteiger partial charge in [0.05, 0.1) is 26.4 Å². The Kier molecular flexibility index (Phi) is 10.4. The van der Waals surface area contributed by atoms with Gasteiger partial charge >= 0.3 is 5.97 Å². The van der Waals surface area contributed by atoms with E-state index in [9.17, 15) is 9.90 Å². The quantitative estimate of drug-likeness (QED) is 0.246. The zero-order chi connectivity index (χ0) is 27.5. The molecule has 7 nitrogen and oxygen atoms in total. The molecule has 0 unspecified atom stereocenters. The molecule has 39 heavy (non-hydrogen) atoms. The Hall–Kier alpha value is -3.33. The first-order valence-corrected chi connectivity index (χ1v) is 13.1. The van der Waals surface area contributed by atoms with Crippen molar-refractivity contribution in [1.29, 1.82) is 0 Å². The Morgan fingerprint density at radius 2 is 1.36 bits per heavy atom. The van der Waals surface area contributed by atoms with Crippen molar-refractivity contribution in [1.82, 2.24) is 0 Å². The summed E-state index contributed by atoms with van der Waals surface area (Å²) in [6.45, 7) is 6.01. The number of rotatable bonds is 13. The zero-order valence-corrected chi connectivity index (χ0v) is 22.2. The molecule has 1 aliphatic rings. The molecule has 0 radical (unpaired) electrons. The van der Waals surface area contributed by atoms with Gasteiger partial charge in [0, 0.05) is 13.3 Å². The van der Waals surface area contributed by atoms with Gasteiger partial charge in [-0.2, -0.15) is 0 Å². The monoisotopic (exact) mass is 532 g/mol.